The summed E-state index contributed by atoms with van der Waals surface area (Å²) >= 11 is 0. The minimum atomic E-state index is 0.0196. The fraction of sp³-hybridized carbons (Fsp3) is 0.368. The van der Waals surface area contributed by atoms with E-state index in [0.29, 0.717) is 13.0 Å². The van der Waals surface area contributed by atoms with Crippen molar-refractivity contribution in [2.75, 3.05) is 0 Å². The molecule has 0 saturated heterocycles. The molecule has 0 unspecified atom stereocenters. The number of amides is 1. The minimum Gasteiger partial charge on any atom is -0.349 e. The first kappa shape index (κ1) is 15.7. The molecule has 1 aliphatic rings. The zero-order valence-electron chi connectivity index (χ0n) is 14.3. The lowest BCUT2D eigenvalue weighted by atomic mass is 9.92. The monoisotopic (exact) mass is 335 g/mol. The molecule has 3 aromatic rings. The largest absolute Gasteiger partial charge is 0.349 e. The Morgan fingerprint density at radius 2 is 2.20 bits per heavy atom. The van der Waals surface area contributed by atoms with Gasteiger partial charge >= 0.3 is 0 Å². The molecule has 25 heavy (non-hydrogen) atoms. The number of nitrogens with one attached hydrogen (secondary N) is 1. The van der Waals surface area contributed by atoms with E-state index in [1.807, 2.05) is 48.3 Å². The van der Waals surface area contributed by atoms with Crippen LogP contribution in [-0.2, 0) is 17.8 Å². The maximum absolute atomic E-state index is 12.4. The second kappa shape index (κ2) is 6.63. The smallest absolute Gasteiger partial charge is 0.222 e. The van der Waals surface area contributed by atoms with Crippen LogP contribution in [0.2, 0.25) is 0 Å². The van der Waals surface area contributed by atoms with Crippen LogP contribution in [0.25, 0.3) is 10.9 Å². The number of aryl methyl sites for hydroxylation is 3. The summed E-state index contributed by atoms with van der Waals surface area (Å²) in [6.07, 6.45) is 7.05. The van der Waals surface area contributed by atoms with Crippen LogP contribution < -0.4 is 5.32 Å². The molecule has 1 aliphatic carbocycles. The molecule has 1 atom stereocenters. The molecule has 6 heteroatoms. The number of rotatable bonds is 4. The van der Waals surface area contributed by atoms with Crippen LogP contribution in [0.5, 0.6) is 0 Å². The number of fused-ring (bicyclic) bond motifs is 2. The Bertz CT molecular complexity index is 917. The summed E-state index contributed by atoms with van der Waals surface area (Å²) in [7, 11) is 0. The molecule has 4 rings (SSSR count). The number of carbonyl (C=O) groups is 1. The maximum atomic E-state index is 12.4. The van der Waals surface area contributed by atoms with Crippen LogP contribution in [-0.4, -0.2) is 25.7 Å². The first-order valence-electron chi connectivity index (χ1n) is 8.73. The normalized spacial score (nSPS) is 16.6. The van der Waals surface area contributed by atoms with Crippen LogP contribution in [0.15, 0.2) is 36.7 Å². The lowest BCUT2D eigenvalue weighted by Gasteiger charge is -2.25. The average molecular weight is 335 g/mol. The molecule has 0 fully saturated rings. The molecule has 0 radical (unpaired) electrons. The van der Waals surface area contributed by atoms with Crippen LogP contribution in [0, 0.1) is 6.92 Å². The van der Waals surface area contributed by atoms with Crippen molar-refractivity contribution < 1.29 is 4.79 Å². The summed E-state index contributed by atoms with van der Waals surface area (Å²) in [4.78, 5) is 21.2. The fourth-order valence-electron chi connectivity index (χ4n) is 3.47. The van der Waals surface area contributed by atoms with Crippen molar-refractivity contribution in [3.63, 3.8) is 0 Å². The lowest BCUT2D eigenvalue weighted by Crippen LogP contribution is -2.32. The van der Waals surface area contributed by atoms with Gasteiger partial charge in [-0.3, -0.25) is 9.48 Å². The van der Waals surface area contributed by atoms with Gasteiger partial charge in [0.05, 0.1) is 24.3 Å². The summed E-state index contributed by atoms with van der Waals surface area (Å²) in [6, 6.07) is 8.05. The predicted octanol–water partition coefficient (Wildman–Crippen LogP) is 2.72. The van der Waals surface area contributed by atoms with Crippen molar-refractivity contribution in [3.8, 4) is 0 Å². The Balaban J connectivity index is 1.42. The molecule has 6 nitrogen and oxygen atoms in total. The molecular formula is C19H21N5O. The van der Waals surface area contributed by atoms with Gasteiger partial charge in [0.15, 0.2) is 0 Å². The highest BCUT2D eigenvalue weighted by Crippen LogP contribution is 2.28. The highest BCUT2D eigenvalue weighted by molar-refractivity contribution is 5.79. The number of benzene rings is 1. The topological polar surface area (TPSA) is 72.7 Å². The van der Waals surface area contributed by atoms with Crippen LogP contribution in [0.1, 0.15) is 42.4 Å². The predicted molar refractivity (Wildman–Crippen MR) is 94.9 cm³/mol. The molecule has 1 amide bonds. The summed E-state index contributed by atoms with van der Waals surface area (Å²) < 4.78 is 1.89. The Morgan fingerprint density at radius 1 is 1.32 bits per heavy atom. The van der Waals surface area contributed by atoms with E-state index in [9.17, 15) is 4.79 Å². The summed E-state index contributed by atoms with van der Waals surface area (Å²) in [5.41, 5.74) is 3.19. The Labute approximate surface area is 146 Å². The minimum absolute atomic E-state index is 0.0196. The quantitative estimate of drug-likeness (QED) is 0.796. The van der Waals surface area contributed by atoms with Gasteiger partial charge in [0, 0.05) is 29.3 Å². The van der Waals surface area contributed by atoms with E-state index in [1.54, 1.807) is 0 Å². The van der Waals surface area contributed by atoms with Crippen molar-refractivity contribution in [3.05, 3.63) is 53.7 Å². The van der Waals surface area contributed by atoms with Crippen molar-refractivity contribution >= 4 is 16.8 Å². The van der Waals surface area contributed by atoms with Crippen LogP contribution >= 0.6 is 0 Å². The van der Waals surface area contributed by atoms with Crippen molar-refractivity contribution in [1.82, 2.24) is 25.1 Å². The second-order valence-electron chi connectivity index (χ2n) is 6.51. The van der Waals surface area contributed by atoms with Crippen molar-refractivity contribution in [2.24, 2.45) is 0 Å². The Morgan fingerprint density at radius 3 is 3.12 bits per heavy atom. The Hall–Kier alpha value is -2.76. The number of aromatic nitrogens is 4. The van der Waals surface area contributed by atoms with E-state index in [1.165, 1.54) is 0 Å². The SMILES string of the molecule is Cc1ncc2c(n1)CCC[C@H]2NC(=O)CCn1ncc2ccccc21. The highest BCUT2D eigenvalue weighted by atomic mass is 16.1. The molecule has 128 valence electrons. The standard InChI is InChI=1S/C19H21N5O/c1-13-20-12-15-16(22-13)6-4-7-17(15)23-19(25)9-10-24-18-8-3-2-5-14(18)11-21-24/h2-3,5,8,11-12,17H,4,6-7,9-10H2,1H3,(H,23,25)/t17-/m1/s1. The summed E-state index contributed by atoms with van der Waals surface area (Å²) in [6.45, 7) is 2.47. The van der Waals surface area contributed by atoms with Crippen molar-refractivity contribution in [1.29, 1.82) is 0 Å². The van der Waals surface area contributed by atoms with Gasteiger partial charge in [0.2, 0.25) is 5.91 Å². The van der Waals surface area contributed by atoms with Gasteiger partial charge in [-0.15, -0.1) is 0 Å². The fourth-order valence-corrected chi connectivity index (χ4v) is 3.47. The highest BCUT2D eigenvalue weighted by Gasteiger charge is 2.23. The molecule has 0 spiro atoms. The van der Waals surface area contributed by atoms with Crippen LogP contribution in [0.3, 0.4) is 0 Å². The van der Waals surface area contributed by atoms with Gasteiger partial charge in [0.1, 0.15) is 5.82 Å². The lowest BCUT2D eigenvalue weighted by molar-refractivity contribution is -0.122. The molecule has 1 N–H and O–H groups in total. The zero-order valence-corrected chi connectivity index (χ0v) is 14.3. The Kier molecular flexibility index (Phi) is 4.17. The van der Waals surface area contributed by atoms with Crippen LogP contribution in [0.4, 0.5) is 0 Å². The molecular weight excluding hydrogens is 314 g/mol. The maximum Gasteiger partial charge on any atom is 0.222 e. The van der Waals surface area contributed by atoms with Gasteiger partial charge < -0.3 is 5.32 Å². The van der Waals surface area contributed by atoms with E-state index in [0.717, 1.165) is 47.2 Å². The molecule has 0 aliphatic heterocycles. The van der Waals surface area contributed by atoms with Gasteiger partial charge in [0.25, 0.3) is 0 Å². The first-order chi connectivity index (χ1) is 12.2. The number of hydrogen-bond donors (Lipinski definition) is 1. The second-order valence-corrected chi connectivity index (χ2v) is 6.51. The van der Waals surface area contributed by atoms with E-state index >= 15 is 0 Å². The third-order valence-electron chi connectivity index (χ3n) is 4.74. The molecule has 1 aromatic carbocycles. The third kappa shape index (κ3) is 3.24. The first-order valence-corrected chi connectivity index (χ1v) is 8.73. The molecule has 0 bridgehead atoms. The summed E-state index contributed by atoms with van der Waals surface area (Å²) in [5.74, 6) is 0.828. The number of carbonyl (C=O) groups excluding carboxylic acids is 1. The van der Waals surface area contributed by atoms with E-state index < -0.39 is 0 Å². The molecule has 2 aromatic heterocycles. The average Bonchev–Trinajstić information content (AvgIpc) is 3.03. The van der Waals surface area contributed by atoms with E-state index in [2.05, 4.69) is 20.4 Å². The summed E-state index contributed by atoms with van der Waals surface area (Å²) in [5, 5.41) is 8.62. The van der Waals surface area contributed by atoms with E-state index in [4.69, 9.17) is 0 Å². The number of para-hydroxylation sites is 1. The molecule has 2 heterocycles. The third-order valence-corrected chi connectivity index (χ3v) is 4.74. The van der Waals surface area contributed by atoms with Gasteiger partial charge in [-0.2, -0.15) is 5.10 Å². The molecule has 0 saturated carbocycles. The number of nitrogens with zero attached hydrogens (tertiary/aromatic N) is 4. The number of hydrogen-bond acceptors (Lipinski definition) is 4. The zero-order chi connectivity index (χ0) is 17.2. The van der Waals surface area contributed by atoms with E-state index in [-0.39, 0.29) is 11.9 Å². The van der Waals surface area contributed by atoms with Gasteiger partial charge in [-0.25, -0.2) is 9.97 Å². The van der Waals surface area contributed by atoms with Gasteiger partial charge in [-0.05, 0) is 32.3 Å². The van der Waals surface area contributed by atoms with Crippen molar-refractivity contribution in [2.45, 2.75) is 45.2 Å². The van der Waals surface area contributed by atoms with Gasteiger partial charge in [-0.1, -0.05) is 18.2 Å².